The molecule has 1 aliphatic rings. The van der Waals surface area contributed by atoms with Crippen molar-refractivity contribution in [3.05, 3.63) is 34.9 Å². The van der Waals surface area contributed by atoms with Crippen molar-refractivity contribution in [3.8, 4) is 0 Å². The van der Waals surface area contributed by atoms with E-state index in [0.717, 1.165) is 6.42 Å². The van der Waals surface area contributed by atoms with Gasteiger partial charge in [0.2, 0.25) is 0 Å². The van der Waals surface area contributed by atoms with Gasteiger partial charge in [0.05, 0.1) is 0 Å². The van der Waals surface area contributed by atoms with E-state index in [1.165, 1.54) is 34.6 Å². The highest BCUT2D eigenvalue weighted by molar-refractivity contribution is 7.98. The summed E-state index contributed by atoms with van der Waals surface area (Å²) in [5.41, 5.74) is 4.51. The van der Waals surface area contributed by atoms with Crippen LogP contribution in [0.3, 0.4) is 0 Å². The maximum atomic E-state index is 3.44. The van der Waals surface area contributed by atoms with Crippen LogP contribution in [0.25, 0.3) is 0 Å². The van der Waals surface area contributed by atoms with Crippen molar-refractivity contribution in [2.24, 2.45) is 0 Å². The summed E-state index contributed by atoms with van der Waals surface area (Å²) in [6.07, 6.45) is 2.39. The molecule has 1 nitrogen and oxygen atoms in total. The maximum absolute atomic E-state index is 3.44. The molecule has 0 aromatic heterocycles. The van der Waals surface area contributed by atoms with Crippen LogP contribution in [0.4, 0.5) is 0 Å². The highest BCUT2D eigenvalue weighted by atomic mass is 32.2. The minimum atomic E-state index is 0.557. The summed E-state index contributed by atoms with van der Waals surface area (Å²) in [5.74, 6) is 2.44. The van der Waals surface area contributed by atoms with Crippen LogP contribution in [-0.2, 0) is 12.2 Å². The van der Waals surface area contributed by atoms with Crippen molar-refractivity contribution in [3.63, 3.8) is 0 Å². The molecule has 0 saturated heterocycles. The van der Waals surface area contributed by atoms with E-state index in [2.05, 4.69) is 49.2 Å². The standard InChI is InChI=1S/C13H19NS/c1-3-10-4-5-11-9-15-7-6-13(14-2)12(11)8-10/h4-5,8,13-14H,3,6-7,9H2,1-2H3. The second-order valence-corrected chi connectivity index (χ2v) is 5.17. The molecule has 1 aromatic carbocycles. The molecule has 0 aliphatic carbocycles. The minimum absolute atomic E-state index is 0.557. The Kier molecular flexibility index (Phi) is 3.71. The van der Waals surface area contributed by atoms with Gasteiger partial charge in [0, 0.05) is 11.8 Å². The van der Waals surface area contributed by atoms with Gasteiger partial charge >= 0.3 is 0 Å². The Hall–Kier alpha value is -0.470. The molecule has 0 bridgehead atoms. The smallest absolute Gasteiger partial charge is 0.0328 e. The van der Waals surface area contributed by atoms with E-state index in [-0.39, 0.29) is 0 Å². The zero-order chi connectivity index (χ0) is 10.7. The Morgan fingerprint density at radius 3 is 3.07 bits per heavy atom. The second kappa shape index (κ2) is 5.04. The largest absolute Gasteiger partial charge is 0.313 e. The van der Waals surface area contributed by atoms with E-state index in [0.29, 0.717) is 6.04 Å². The summed E-state index contributed by atoms with van der Waals surface area (Å²) in [4.78, 5) is 0. The van der Waals surface area contributed by atoms with Gasteiger partial charge in [-0.05, 0) is 42.3 Å². The molecule has 0 amide bonds. The van der Waals surface area contributed by atoms with Crippen LogP contribution in [0.1, 0.15) is 36.1 Å². The fourth-order valence-corrected chi connectivity index (χ4v) is 3.19. The van der Waals surface area contributed by atoms with E-state index in [9.17, 15) is 0 Å². The fraction of sp³-hybridized carbons (Fsp3) is 0.538. The van der Waals surface area contributed by atoms with E-state index in [4.69, 9.17) is 0 Å². The molecule has 1 N–H and O–H groups in total. The third-order valence-corrected chi connectivity index (χ3v) is 4.19. The molecule has 1 unspecified atom stereocenters. The molecule has 1 aromatic rings. The molecule has 0 fully saturated rings. The van der Waals surface area contributed by atoms with Crippen molar-refractivity contribution < 1.29 is 0 Å². The van der Waals surface area contributed by atoms with Gasteiger partial charge in [-0.3, -0.25) is 0 Å². The molecule has 2 rings (SSSR count). The summed E-state index contributed by atoms with van der Waals surface area (Å²) in [6, 6.07) is 7.54. The number of benzene rings is 1. The topological polar surface area (TPSA) is 12.0 Å². The third-order valence-electron chi connectivity index (χ3n) is 3.15. The van der Waals surface area contributed by atoms with Crippen LogP contribution in [-0.4, -0.2) is 12.8 Å². The molecule has 2 heteroatoms. The van der Waals surface area contributed by atoms with Gasteiger partial charge in [-0.2, -0.15) is 11.8 Å². The average molecular weight is 221 g/mol. The summed E-state index contributed by atoms with van der Waals surface area (Å²) < 4.78 is 0. The molecule has 82 valence electrons. The quantitative estimate of drug-likeness (QED) is 0.823. The van der Waals surface area contributed by atoms with Crippen LogP contribution in [0.2, 0.25) is 0 Å². The molecule has 1 heterocycles. The summed E-state index contributed by atoms with van der Waals surface area (Å²) >= 11 is 2.05. The lowest BCUT2D eigenvalue weighted by Gasteiger charge is -2.17. The number of fused-ring (bicyclic) bond motifs is 1. The lowest BCUT2D eigenvalue weighted by Crippen LogP contribution is -2.17. The van der Waals surface area contributed by atoms with E-state index in [1.807, 2.05) is 0 Å². The van der Waals surface area contributed by atoms with Gasteiger partial charge in [-0.25, -0.2) is 0 Å². The number of rotatable bonds is 2. The first kappa shape index (κ1) is 11.0. The molecule has 0 radical (unpaired) electrons. The fourth-order valence-electron chi connectivity index (χ4n) is 2.16. The second-order valence-electron chi connectivity index (χ2n) is 4.07. The van der Waals surface area contributed by atoms with Crippen molar-refractivity contribution >= 4 is 11.8 Å². The predicted octanol–water partition coefficient (Wildman–Crippen LogP) is 3.15. The Balaban J connectivity index is 2.38. The van der Waals surface area contributed by atoms with Gasteiger partial charge in [0.15, 0.2) is 0 Å². The van der Waals surface area contributed by atoms with Crippen LogP contribution in [0.5, 0.6) is 0 Å². The van der Waals surface area contributed by atoms with Crippen molar-refractivity contribution in [1.82, 2.24) is 5.32 Å². The highest BCUT2D eigenvalue weighted by Crippen LogP contribution is 2.31. The first-order valence-corrected chi connectivity index (χ1v) is 6.87. The molecule has 15 heavy (non-hydrogen) atoms. The van der Waals surface area contributed by atoms with Crippen molar-refractivity contribution in [2.75, 3.05) is 12.8 Å². The Morgan fingerprint density at radius 1 is 1.47 bits per heavy atom. The molecule has 1 atom stereocenters. The van der Waals surface area contributed by atoms with Gasteiger partial charge < -0.3 is 5.32 Å². The maximum Gasteiger partial charge on any atom is 0.0328 e. The SMILES string of the molecule is CCc1ccc2c(c1)C(NC)CCSC2. The van der Waals surface area contributed by atoms with Crippen LogP contribution in [0.15, 0.2) is 18.2 Å². The van der Waals surface area contributed by atoms with E-state index >= 15 is 0 Å². The molecule has 0 saturated carbocycles. The predicted molar refractivity (Wildman–Crippen MR) is 68.4 cm³/mol. The minimum Gasteiger partial charge on any atom is -0.313 e. The van der Waals surface area contributed by atoms with Gasteiger partial charge in [0.1, 0.15) is 0 Å². The van der Waals surface area contributed by atoms with Crippen LogP contribution in [0, 0.1) is 0 Å². The molecule has 0 spiro atoms. The zero-order valence-electron chi connectivity index (χ0n) is 9.55. The van der Waals surface area contributed by atoms with Gasteiger partial charge in [-0.15, -0.1) is 0 Å². The molecule has 1 aliphatic heterocycles. The zero-order valence-corrected chi connectivity index (χ0v) is 10.4. The number of nitrogens with one attached hydrogen (secondary N) is 1. The van der Waals surface area contributed by atoms with Crippen molar-refractivity contribution in [2.45, 2.75) is 31.6 Å². The lowest BCUT2D eigenvalue weighted by molar-refractivity contribution is 0.580. The van der Waals surface area contributed by atoms with E-state index < -0.39 is 0 Å². The van der Waals surface area contributed by atoms with Gasteiger partial charge in [0.25, 0.3) is 0 Å². The number of aryl methyl sites for hydroxylation is 1. The first-order valence-electron chi connectivity index (χ1n) is 5.72. The third kappa shape index (κ3) is 2.37. The summed E-state index contributed by atoms with van der Waals surface area (Å²) in [6.45, 7) is 2.22. The summed E-state index contributed by atoms with van der Waals surface area (Å²) in [5, 5.41) is 3.44. The van der Waals surface area contributed by atoms with Crippen LogP contribution < -0.4 is 5.32 Å². The Bertz CT molecular complexity index is 335. The van der Waals surface area contributed by atoms with Crippen LogP contribution >= 0.6 is 11.8 Å². The number of thioether (sulfide) groups is 1. The highest BCUT2D eigenvalue weighted by Gasteiger charge is 2.17. The Labute approximate surface area is 96.7 Å². The lowest BCUT2D eigenvalue weighted by atomic mass is 9.96. The molecular formula is C13H19NS. The Morgan fingerprint density at radius 2 is 2.33 bits per heavy atom. The average Bonchev–Trinajstić information content (AvgIpc) is 2.49. The van der Waals surface area contributed by atoms with E-state index in [1.54, 1.807) is 0 Å². The normalized spacial score (nSPS) is 20.8. The van der Waals surface area contributed by atoms with Gasteiger partial charge in [-0.1, -0.05) is 25.1 Å². The number of hydrogen-bond donors (Lipinski definition) is 1. The first-order chi connectivity index (χ1) is 7.35. The number of hydrogen-bond acceptors (Lipinski definition) is 2. The monoisotopic (exact) mass is 221 g/mol. The van der Waals surface area contributed by atoms with Crippen molar-refractivity contribution in [1.29, 1.82) is 0 Å². The molecular weight excluding hydrogens is 202 g/mol. The summed E-state index contributed by atoms with van der Waals surface area (Å²) in [7, 11) is 2.07.